The SMILES string of the molecule is CC(C)(C)c1cccc2c1Sc1ccccc1N2c1ccccc1. The first-order valence-corrected chi connectivity index (χ1v) is 9.13. The first kappa shape index (κ1) is 15.3. The third-order valence-electron chi connectivity index (χ3n) is 4.38. The van der Waals surface area contributed by atoms with Gasteiger partial charge in [-0.1, -0.05) is 75.0 Å². The zero-order valence-electron chi connectivity index (χ0n) is 14.3. The zero-order valence-corrected chi connectivity index (χ0v) is 15.1. The predicted molar refractivity (Wildman–Crippen MR) is 104 cm³/mol. The molecule has 4 rings (SSSR count). The second kappa shape index (κ2) is 5.71. The molecule has 24 heavy (non-hydrogen) atoms. The van der Waals surface area contributed by atoms with Gasteiger partial charge < -0.3 is 4.90 Å². The normalized spacial score (nSPS) is 13.4. The Kier molecular flexibility index (Phi) is 3.65. The molecule has 1 nitrogen and oxygen atoms in total. The molecule has 120 valence electrons. The van der Waals surface area contributed by atoms with Crippen molar-refractivity contribution in [2.45, 2.75) is 36.0 Å². The smallest absolute Gasteiger partial charge is 0.0604 e. The van der Waals surface area contributed by atoms with Gasteiger partial charge in [-0.2, -0.15) is 0 Å². The van der Waals surface area contributed by atoms with Crippen molar-refractivity contribution in [1.82, 2.24) is 0 Å². The summed E-state index contributed by atoms with van der Waals surface area (Å²) in [5.74, 6) is 0. The Balaban J connectivity index is 1.99. The number of anilines is 3. The summed E-state index contributed by atoms with van der Waals surface area (Å²) in [4.78, 5) is 5.06. The average molecular weight is 331 g/mol. The summed E-state index contributed by atoms with van der Waals surface area (Å²) in [6.45, 7) is 6.86. The molecule has 1 heterocycles. The van der Waals surface area contributed by atoms with Crippen molar-refractivity contribution >= 4 is 28.8 Å². The predicted octanol–water partition coefficient (Wildman–Crippen LogP) is 6.92. The minimum atomic E-state index is 0.118. The van der Waals surface area contributed by atoms with Crippen molar-refractivity contribution in [2.75, 3.05) is 4.90 Å². The van der Waals surface area contributed by atoms with Crippen molar-refractivity contribution in [3.05, 3.63) is 78.4 Å². The van der Waals surface area contributed by atoms with E-state index >= 15 is 0 Å². The first-order valence-electron chi connectivity index (χ1n) is 8.31. The van der Waals surface area contributed by atoms with Crippen molar-refractivity contribution in [3.8, 4) is 0 Å². The van der Waals surface area contributed by atoms with Crippen LogP contribution in [0.15, 0.2) is 82.6 Å². The van der Waals surface area contributed by atoms with Crippen LogP contribution in [0.1, 0.15) is 26.3 Å². The molecule has 3 aromatic rings. The minimum Gasteiger partial charge on any atom is -0.308 e. The maximum absolute atomic E-state index is 2.39. The molecule has 0 unspecified atom stereocenters. The average Bonchev–Trinajstić information content (AvgIpc) is 2.59. The number of hydrogen-bond donors (Lipinski definition) is 0. The Hall–Kier alpha value is -2.19. The maximum Gasteiger partial charge on any atom is 0.0604 e. The highest BCUT2D eigenvalue weighted by Gasteiger charge is 2.29. The highest BCUT2D eigenvalue weighted by molar-refractivity contribution is 7.99. The van der Waals surface area contributed by atoms with Crippen LogP contribution in [0.3, 0.4) is 0 Å². The molecule has 0 bridgehead atoms. The van der Waals surface area contributed by atoms with Crippen LogP contribution in [0, 0.1) is 0 Å². The minimum absolute atomic E-state index is 0.118. The summed E-state index contributed by atoms with van der Waals surface area (Å²) in [6.07, 6.45) is 0. The van der Waals surface area contributed by atoms with Crippen LogP contribution in [-0.2, 0) is 5.41 Å². The monoisotopic (exact) mass is 331 g/mol. The van der Waals surface area contributed by atoms with Crippen molar-refractivity contribution < 1.29 is 0 Å². The summed E-state index contributed by atoms with van der Waals surface area (Å²) >= 11 is 1.89. The highest BCUT2D eigenvalue weighted by Crippen LogP contribution is 2.53. The van der Waals surface area contributed by atoms with E-state index in [1.807, 2.05) is 11.8 Å². The summed E-state index contributed by atoms with van der Waals surface area (Å²) in [7, 11) is 0. The Bertz CT molecular complexity index is 878. The topological polar surface area (TPSA) is 3.24 Å². The van der Waals surface area contributed by atoms with Gasteiger partial charge in [0.1, 0.15) is 0 Å². The van der Waals surface area contributed by atoms with Gasteiger partial charge in [-0.25, -0.2) is 0 Å². The molecule has 0 aromatic heterocycles. The fourth-order valence-electron chi connectivity index (χ4n) is 3.22. The molecule has 2 heteroatoms. The van der Waals surface area contributed by atoms with E-state index in [-0.39, 0.29) is 5.41 Å². The van der Waals surface area contributed by atoms with Gasteiger partial charge in [-0.3, -0.25) is 0 Å². The highest BCUT2D eigenvalue weighted by atomic mass is 32.2. The molecule has 0 aliphatic carbocycles. The molecule has 0 radical (unpaired) electrons. The summed E-state index contributed by atoms with van der Waals surface area (Å²) in [5.41, 5.74) is 5.26. The van der Waals surface area contributed by atoms with E-state index in [1.165, 1.54) is 32.4 Å². The van der Waals surface area contributed by atoms with Crippen molar-refractivity contribution in [1.29, 1.82) is 0 Å². The van der Waals surface area contributed by atoms with Crippen LogP contribution >= 0.6 is 11.8 Å². The Morgan fingerprint density at radius 3 is 2.12 bits per heavy atom. The Morgan fingerprint density at radius 2 is 1.38 bits per heavy atom. The first-order chi connectivity index (χ1) is 11.6. The van der Waals surface area contributed by atoms with Gasteiger partial charge in [0.2, 0.25) is 0 Å². The molecule has 0 N–H and O–H groups in total. The summed E-state index contributed by atoms with van der Waals surface area (Å²) in [6, 6.07) is 26.0. The number of fused-ring (bicyclic) bond motifs is 2. The standard InChI is InChI=1S/C22H21NS/c1-22(2,3)17-12-9-14-19-21(17)24-20-15-8-7-13-18(20)23(19)16-10-5-4-6-11-16/h4-15H,1-3H3. The van der Waals surface area contributed by atoms with Gasteiger partial charge in [0, 0.05) is 15.5 Å². The van der Waals surface area contributed by atoms with Crippen LogP contribution in [0.5, 0.6) is 0 Å². The molecule has 0 saturated carbocycles. The molecule has 0 amide bonds. The molecule has 0 saturated heterocycles. The Morgan fingerprint density at radius 1 is 0.708 bits per heavy atom. The summed E-state index contributed by atoms with van der Waals surface area (Å²) in [5, 5.41) is 0. The molecule has 1 aliphatic heterocycles. The number of rotatable bonds is 1. The largest absolute Gasteiger partial charge is 0.308 e. The molecule has 3 aromatic carbocycles. The summed E-state index contributed by atoms with van der Waals surface area (Å²) < 4.78 is 0. The lowest BCUT2D eigenvalue weighted by Gasteiger charge is -2.35. The molecule has 0 fully saturated rings. The number of hydrogen-bond acceptors (Lipinski definition) is 2. The molecular weight excluding hydrogens is 310 g/mol. The number of nitrogens with zero attached hydrogens (tertiary/aromatic N) is 1. The van der Waals surface area contributed by atoms with E-state index in [0.29, 0.717) is 0 Å². The van der Waals surface area contributed by atoms with Crippen LogP contribution in [0.2, 0.25) is 0 Å². The van der Waals surface area contributed by atoms with Gasteiger partial charge in [0.05, 0.1) is 11.4 Å². The van der Waals surface area contributed by atoms with Crippen LogP contribution in [0.4, 0.5) is 17.1 Å². The van der Waals surface area contributed by atoms with E-state index in [2.05, 4.69) is 98.5 Å². The van der Waals surface area contributed by atoms with Gasteiger partial charge in [-0.15, -0.1) is 0 Å². The lowest BCUT2D eigenvalue weighted by molar-refractivity contribution is 0.578. The van der Waals surface area contributed by atoms with Crippen LogP contribution in [-0.4, -0.2) is 0 Å². The molecule has 1 aliphatic rings. The van der Waals surface area contributed by atoms with Crippen LogP contribution < -0.4 is 4.90 Å². The maximum atomic E-state index is 2.39. The number of para-hydroxylation sites is 2. The Labute approximate surface area is 148 Å². The van der Waals surface area contributed by atoms with Crippen molar-refractivity contribution in [3.63, 3.8) is 0 Å². The fourth-order valence-corrected chi connectivity index (χ4v) is 4.60. The van der Waals surface area contributed by atoms with Gasteiger partial charge >= 0.3 is 0 Å². The molecular formula is C22H21NS. The lowest BCUT2D eigenvalue weighted by Crippen LogP contribution is -2.19. The fraction of sp³-hybridized carbons (Fsp3) is 0.182. The molecule has 0 atom stereocenters. The van der Waals surface area contributed by atoms with E-state index in [0.717, 1.165) is 0 Å². The molecule has 0 spiro atoms. The van der Waals surface area contributed by atoms with Gasteiger partial charge in [0.15, 0.2) is 0 Å². The third kappa shape index (κ3) is 2.51. The van der Waals surface area contributed by atoms with E-state index in [1.54, 1.807) is 0 Å². The van der Waals surface area contributed by atoms with Gasteiger partial charge in [0.25, 0.3) is 0 Å². The zero-order chi connectivity index (χ0) is 16.7. The van der Waals surface area contributed by atoms with Gasteiger partial charge in [-0.05, 0) is 41.3 Å². The van der Waals surface area contributed by atoms with E-state index < -0.39 is 0 Å². The van der Waals surface area contributed by atoms with Crippen LogP contribution in [0.25, 0.3) is 0 Å². The second-order valence-corrected chi connectivity index (χ2v) is 8.20. The van der Waals surface area contributed by atoms with E-state index in [9.17, 15) is 0 Å². The third-order valence-corrected chi connectivity index (χ3v) is 5.57. The second-order valence-electron chi connectivity index (χ2n) is 7.14. The lowest BCUT2D eigenvalue weighted by atomic mass is 9.86. The number of benzene rings is 3. The van der Waals surface area contributed by atoms with Crippen molar-refractivity contribution in [2.24, 2.45) is 0 Å². The van der Waals surface area contributed by atoms with E-state index in [4.69, 9.17) is 0 Å². The quantitative estimate of drug-likeness (QED) is 0.372.